The molecule has 88 valence electrons. The van der Waals surface area contributed by atoms with Gasteiger partial charge >= 0.3 is 0 Å². The third kappa shape index (κ3) is 3.59. The summed E-state index contributed by atoms with van der Waals surface area (Å²) in [4.78, 5) is 0. The van der Waals surface area contributed by atoms with Gasteiger partial charge in [-0.15, -0.1) is 6.58 Å². The highest BCUT2D eigenvalue weighted by Gasteiger charge is 2.04. The molecular formula is C13H19NO2. The van der Waals surface area contributed by atoms with Crippen LogP contribution >= 0.6 is 0 Å². The number of nitrogens with two attached hydrogens (primary N) is 1. The van der Waals surface area contributed by atoms with Gasteiger partial charge in [0, 0.05) is 13.0 Å². The summed E-state index contributed by atoms with van der Waals surface area (Å²) in [5.74, 6) is 1.48. The molecule has 3 nitrogen and oxygen atoms in total. The summed E-state index contributed by atoms with van der Waals surface area (Å²) < 4.78 is 10.9. The first-order valence-electron chi connectivity index (χ1n) is 5.31. The molecule has 1 rings (SSSR count). The molecule has 3 heteroatoms. The molecule has 0 fully saturated rings. The topological polar surface area (TPSA) is 44.5 Å². The summed E-state index contributed by atoms with van der Waals surface area (Å²) in [6.07, 6.45) is 0.843. The van der Waals surface area contributed by atoms with E-state index in [1.165, 1.54) is 0 Å². The molecule has 16 heavy (non-hydrogen) atoms. The molecule has 0 amide bonds. The third-order valence-corrected chi connectivity index (χ3v) is 2.25. The van der Waals surface area contributed by atoms with E-state index in [9.17, 15) is 0 Å². The van der Waals surface area contributed by atoms with Gasteiger partial charge in [0.15, 0.2) is 11.5 Å². The minimum atomic E-state index is 0.501. The summed E-state index contributed by atoms with van der Waals surface area (Å²) in [7, 11) is 1.63. The summed E-state index contributed by atoms with van der Waals surface area (Å²) in [5, 5.41) is 0. The molecule has 0 saturated heterocycles. The number of ether oxygens (including phenoxy) is 2. The predicted molar refractivity (Wildman–Crippen MR) is 65.8 cm³/mol. The second kappa shape index (κ2) is 6.18. The number of methoxy groups -OCH3 is 1. The van der Waals surface area contributed by atoms with E-state index in [4.69, 9.17) is 15.2 Å². The number of benzene rings is 1. The Labute approximate surface area is 96.9 Å². The second-order valence-electron chi connectivity index (χ2n) is 3.74. The first kappa shape index (κ1) is 12.6. The van der Waals surface area contributed by atoms with Gasteiger partial charge in [0.25, 0.3) is 0 Å². The second-order valence-corrected chi connectivity index (χ2v) is 3.74. The smallest absolute Gasteiger partial charge is 0.161 e. The number of rotatable bonds is 6. The number of hydrogen-bond acceptors (Lipinski definition) is 3. The fraction of sp³-hybridized carbons (Fsp3) is 0.385. The Kier molecular flexibility index (Phi) is 4.86. The summed E-state index contributed by atoms with van der Waals surface area (Å²) in [5.41, 5.74) is 7.72. The van der Waals surface area contributed by atoms with E-state index in [0.717, 1.165) is 29.1 Å². The van der Waals surface area contributed by atoms with E-state index in [2.05, 4.69) is 6.58 Å². The quantitative estimate of drug-likeness (QED) is 0.751. The zero-order chi connectivity index (χ0) is 12.0. The van der Waals surface area contributed by atoms with Gasteiger partial charge in [0.05, 0.1) is 13.7 Å². The molecule has 1 aromatic carbocycles. The van der Waals surface area contributed by atoms with Crippen molar-refractivity contribution in [3.05, 3.63) is 35.9 Å². The van der Waals surface area contributed by atoms with Crippen LogP contribution in [0.5, 0.6) is 11.5 Å². The van der Waals surface area contributed by atoms with Crippen molar-refractivity contribution in [3.63, 3.8) is 0 Å². The van der Waals surface area contributed by atoms with Gasteiger partial charge < -0.3 is 15.2 Å². The number of hydrogen-bond donors (Lipinski definition) is 1. The minimum absolute atomic E-state index is 0.501. The van der Waals surface area contributed by atoms with Crippen molar-refractivity contribution in [2.24, 2.45) is 5.73 Å². The zero-order valence-electron chi connectivity index (χ0n) is 9.95. The molecule has 0 spiro atoms. The van der Waals surface area contributed by atoms with E-state index in [1.54, 1.807) is 7.11 Å². The van der Waals surface area contributed by atoms with Crippen LogP contribution in [0.3, 0.4) is 0 Å². The van der Waals surface area contributed by atoms with E-state index in [0.29, 0.717) is 13.2 Å². The summed E-state index contributed by atoms with van der Waals surface area (Å²) >= 11 is 0. The van der Waals surface area contributed by atoms with Crippen molar-refractivity contribution >= 4 is 0 Å². The van der Waals surface area contributed by atoms with E-state index < -0.39 is 0 Å². The van der Waals surface area contributed by atoms with Crippen LogP contribution in [0.2, 0.25) is 0 Å². The van der Waals surface area contributed by atoms with Gasteiger partial charge in [-0.3, -0.25) is 0 Å². The van der Waals surface area contributed by atoms with Crippen molar-refractivity contribution in [2.75, 3.05) is 13.7 Å². The minimum Gasteiger partial charge on any atom is -0.493 e. The molecule has 2 N–H and O–H groups in total. The Morgan fingerprint density at radius 3 is 2.69 bits per heavy atom. The fourth-order valence-electron chi connectivity index (χ4n) is 1.30. The maximum atomic E-state index is 5.64. The molecule has 0 heterocycles. The molecule has 0 aromatic heterocycles. The Hall–Kier alpha value is -1.48. The van der Waals surface area contributed by atoms with Crippen LogP contribution in [0.4, 0.5) is 0 Å². The van der Waals surface area contributed by atoms with Crippen LogP contribution in [0.15, 0.2) is 30.4 Å². The lowest BCUT2D eigenvalue weighted by molar-refractivity contribution is 0.297. The monoisotopic (exact) mass is 221 g/mol. The van der Waals surface area contributed by atoms with Crippen molar-refractivity contribution in [1.82, 2.24) is 0 Å². The summed E-state index contributed by atoms with van der Waals surface area (Å²) in [6.45, 7) is 6.93. The summed E-state index contributed by atoms with van der Waals surface area (Å²) in [6, 6.07) is 5.72. The van der Waals surface area contributed by atoms with Crippen LogP contribution < -0.4 is 15.2 Å². The maximum Gasteiger partial charge on any atom is 0.161 e. The van der Waals surface area contributed by atoms with Gasteiger partial charge in [-0.25, -0.2) is 0 Å². The third-order valence-electron chi connectivity index (χ3n) is 2.25. The molecular weight excluding hydrogens is 202 g/mol. The molecule has 0 bridgehead atoms. The first-order chi connectivity index (χ1) is 7.67. The molecule has 0 radical (unpaired) electrons. The fourth-order valence-corrected chi connectivity index (χ4v) is 1.30. The van der Waals surface area contributed by atoms with Crippen LogP contribution in [-0.2, 0) is 6.54 Å². The van der Waals surface area contributed by atoms with Crippen LogP contribution in [0.1, 0.15) is 18.9 Å². The van der Waals surface area contributed by atoms with Crippen molar-refractivity contribution in [2.45, 2.75) is 19.9 Å². The highest BCUT2D eigenvalue weighted by molar-refractivity contribution is 5.42. The molecule has 0 aliphatic rings. The van der Waals surface area contributed by atoms with Crippen molar-refractivity contribution in [1.29, 1.82) is 0 Å². The van der Waals surface area contributed by atoms with Crippen LogP contribution in [-0.4, -0.2) is 13.7 Å². The highest BCUT2D eigenvalue weighted by atomic mass is 16.5. The molecule has 0 atom stereocenters. The van der Waals surface area contributed by atoms with Crippen LogP contribution in [0.25, 0.3) is 0 Å². The average Bonchev–Trinajstić information content (AvgIpc) is 2.28. The van der Waals surface area contributed by atoms with Gasteiger partial charge in [-0.1, -0.05) is 11.6 Å². The lowest BCUT2D eigenvalue weighted by Gasteiger charge is -2.11. The normalized spacial score (nSPS) is 9.94. The molecule has 0 aliphatic carbocycles. The Morgan fingerprint density at radius 1 is 1.38 bits per heavy atom. The van der Waals surface area contributed by atoms with Crippen LogP contribution in [0, 0.1) is 0 Å². The Bertz CT molecular complexity index is 361. The van der Waals surface area contributed by atoms with E-state index in [-0.39, 0.29) is 0 Å². The largest absolute Gasteiger partial charge is 0.493 e. The molecule has 0 unspecified atom stereocenters. The molecule has 0 aliphatic heterocycles. The average molecular weight is 221 g/mol. The van der Waals surface area contributed by atoms with Gasteiger partial charge in [0.1, 0.15) is 0 Å². The standard InChI is InChI=1S/C13H19NO2/c1-10(2)6-7-16-13-8-11(9-14)4-5-12(13)15-3/h4-5,8H,1,6-7,9,14H2,2-3H3. The zero-order valence-corrected chi connectivity index (χ0v) is 9.95. The highest BCUT2D eigenvalue weighted by Crippen LogP contribution is 2.28. The van der Waals surface area contributed by atoms with E-state index >= 15 is 0 Å². The maximum absolute atomic E-state index is 5.64. The van der Waals surface area contributed by atoms with Gasteiger partial charge in [0.2, 0.25) is 0 Å². The predicted octanol–water partition coefficient (Wildman–Crippen LogP) is 2.50. The Balaban J connectivity index is 2.71. The lowest BCUT2D eigenvalue weighted by atomic mass is 10.2. The SMILES string of the molecule is C=C(C)CCOc1cc(CN)ccc1OC. The van der Waals surface area contributed by atoms with Crippen molar-refractivity contribution in [3.8, 4) is 11.5 Å². The molecule has 1 aromatic rings. The van der Waals surface area contributed by atoms with Gasteiger partial charge in [-0.2, -0.15) is 0 Å². The molecule has 0 saturated carbocycles. The van der Waals surface area contributed by atoms with Gasteiger partial charge in [-0.05, 0) is 24.6 Å². The van der Waals surface area contributed by atoms with E-state index in [1.807, 2.05) is 25.1 Å². The van der Waals surface area contributed by atoms with Crippen molar-refractivity contribution < 1.29 is 9.47 Å². The Morgan fingerprint density at radius 2 is 2.12 bits per heavy atom. The first-order valence-corrected chi connectivity index (χ1v) is 5.31. The lowest BCUT2D eigenvalue weighted by Crippen LogP contribution is -2.02.